The van der Waals surface area contributed by atoms with Crippen LogP contribution in [0.5, 0.6) is 5.75 Å². The van der Waals surface area contributed by atoms with Gasteiger partial charge in [0.25, 0.3) is 5.56 Å². The number of aromatic nitrogens is 2. The molecule has 0 unspecified atom stereocenters. The van der Waals surface area contributed by atoms with Crippen LogP contribution in [-0.2, 0) is 27.8 Å². The highest BCUT2D eigenvalue weighted by Crippen LogP contribution is 2.50. The summed E-state index contributed by atoms with van der Waals surface area (Å²) in [6.45, 7) is 14.3. The molecule has 2 aromatic rings. The Morgan fingerprint density at radius 2 is 1.88 bits per heavy atom. The Kier molecular flexibility index (Phi) is 8.54. The summed E-state index contributed by atoms with van der Waals surface area (Å²) in [6.07, 6.45) is -3.99. The van der Waals surface area contributed by atoms with Crippen molar-refractivity contribution in [2.24, 2.45) is 0 Å². The largest absolute Gasteiger partial charge is 0.462 e. The molecule has 0 saturated carbocycles. The SMILES string of the molecule is [2H]c1c([2H])c([2H])c(O[P@](=O)(N[C@@H](C)C(=O)OC(C)C)OC[C@H]2O[C@@H](n3ccc(=O)[nH]c3=O)[C@](C)(F)[C@@H]2O[Si](C)(C)C(C)(C)C)c([2H])c1[2H]. The molecule has 240 valence electrons. The maximum Gasteiger partial charge on any atom is 0.459 e. The normalized spacial score (nSPS) is 26.5. The summed E-state index contributed by atoms with van der Waals surface area (Å²) in [5.41, 5.74) is -4.12. The van der Waals surface area contributed by atoms with Crippen LogP contribution in [0.25, 0.3) is 0 Å². The summed E-state index contributed by atoms with van der Waals surface area (Å²) in [6, 6.07) is -4.33. The van der Waals surface area contributed by atoms with Gasteiger partial charge in [0, 0.05) is 12.3 Å². The van der Waals surface area contributed by atoms with Gasteiger partial charge >= 0.3 is 19.4 Å². The van der Waals surface area contributed by atoms with Gasteiger partial charge in [0.1, 0.15) is 24.0 Å². The fourth-order valence-electron chi connectivity index (χ4n) is 3.93. The standard InChI is InChI=1S/C28H43FN3O9PSi/c1-18(2)38-24(34)19(3)31-42(36,40-20-13-11-10-12-14-20)37-17-21-23(41-43(8,9)27(4,5)6)28(7,29)25(39-21)32-16-15-22(33)30-26(32)35/h10-16,18-19,21,23,25H,17H2,1-9H3,(H,31,36)(H,30,33,35)/t19-,21+,23+,25+,28+,42-/m0/s1/i10D,11D,12D,13D,14D. The number of ether oxygens (including phenoxy) is 2. The number of esters is 1. The fourth-order valence-corrected chi connectivity index (χ4v) is 6.73. The lowest BCUT2D eigenvalue weighted by Gasteiger charge is -2.41. The molecule has 6 atom stereocenters. The molecule has 1 aromatic heterocycles. The van der Waals surface area contributed by atoms with Crippen LogP contribution >= 0.6 is 7.75 Å². The maximum atomic E-state index is 16.9. The number of hydrogen-bond acceptors (Lipinski definition) is 9. The Morgan fingerprint density at radius 3 is 2.44 bits per heavy atom. The van der Waals surface area contributed by atoms with Gasteiger partial charge in [0.15, 0.2) is 20.2 Å². The van der Waals surface area contributed by atoms with Crippen molar-refractivity contribution in [2.45, 2.75) is 103 Å². The average Bonchev–Trinajstić information content (AvgIpc) is 3.19. The minimum Gasteiger partial charge on any atom is -0.462 e. The van der Waals surface area contributed by atoms with Crippen LogP contribution < -0.4 is 20.9 Å². The predicted molar refractivity (Wildman–Crippen MR) is 161 cm³/mol. The van der Waals surface area contributed by atoms with E-state index in [1.807, 2.05) is 33.9 Å². The molecule has 43 heavy (non-hydrogen) atoms. The summed E-state index contributed by atoms with van der Waals surface area (Å²) in [4.78, 5) is 39.1. The molecule has 15 heteroatoms. The van der Waals surface area contributed by atoms with Crippen LogP contribution in [0.15, 0.2) is 52.1 Å². The van der Waals surface area contributed by atoms with Crippen LogP contribution in [0.1, 0.15) is 61.5 Å². The second-order valence-electron chi connectivity index (χ2n) is 12.2. The van der Waals surface area contributed by atoms with Gasteiger partial charge in [-0.2, -0.15) is 5.09 Å². The van der Waals surface area contributed by atoms with Crippen LogP contribution in [-0.4, -0.2) is 60.5 Å². The van der Waals surface area contributed by atoms with Crippen molar-refractivity contribution in [2.75, 3.05) is 6.61 Å². The van der Waals surface area contributed by atoms with E-state index >= 15 is 4.39 Å². The summed E-state index contributed by atoms with van der Waals surface area (Å²) in [5.74, 6) is -1.71. The van der Waals surface area contributed by atoms with E-state index in [1.165, 1.54) is 6.92 Å². The van der Waals surface area contributed by atoms with Gasteiger partial charge in [-0.05, 0) is 57.9 Å². The lowest BCUT2D eigenvalue weighted by Crippen LogP contribution is -2.53. The number of hydrogen-bond donors (Lipinski definition) is 2. The molecule has 1 aliphatic heterocycles. The van der Waals surface area contributed by atoms with Crippen molar-refractivity contribution in [1.29, 1.82) is 0 Å². The molecule has 1 aliphatic rings. The number of nitrogens with zero attached hydrogens (tertiary/aromatic N) is 1. The minimum absolute atomic E-state index is 0.422. The van der Waals surface area contributed by atoms with Crippen molar-refractivity contribution < 1.29 is 43.6 Å². The highest BCUT2D eigenvalue weighted by Gasteiger charge is 2.59. The third-order valence-corrected chi connectivity index (χ3v) is 13.2. The quantitative estimate of drug-likeness (QED) is 0.189. The number of benzene rings is 1. The zero-order valence-electron chi connectivity index (χ0n) is 30.7. The van der Waals surface area contributed by atoms with E-state index in [1.54, 1.807) is 13.8 Å². The van der Waals surface area contributed by atoms with E-state index in [-0.39, 0.29) is 0 Å². The van der Waals surface area contributed by atoms with E-state index in [0.29, 0.717) is 0 Å². The first kappa shape index (κ1) is 27.9. The molecule has 1 aromatic carbocycles. The summed E-state index contributed by atoms with van der Waals surface area (Å²) >= 11 is 0. The van der Waals surface area contributed by atoms with E-state index in [0.717, 1.165) is 23.8 Å². The molecule has 0 radical (unpaired) electrons. The smallest absolute Gasteiger partial charge is 0.459 e. The predicted octanol–water partition coefficient (Wildman–Crippen LogP) is 4.69. The Morgan fingerprint density at radius 1 is 1.26 bits per heavy atom. The number of alkyl halides is 1. The van der Waals surface area contributed by atoms with Crippen molar-refractivity contribution in [3.8, 4) is 5.75 Å². The van der Waals surface area contributed by atoms with Crippen LogP contribution in [0, 0.1) is 0 Å². The third-order valence-electron chi connectivity index (χ3n) is 7.17. The first-order valence-corrected chi connectivity index (χ1v) is 18.1. The van der Waals surface area contributed by atoms with Crippen molar-refractivity contribution in [1.82, 2.24) is 14.6 Å². The van der Waals surface area contributed by atoms with Gasteiger partial charge < -0.3 is 18.4 Å². The number of carbonyl (C=O) groups excluding carboxylic acids is 1. The number of aromatic amines is 1. The lowest BCUT2D eigenvalue weighted by molar-refractivity contribution is -0.149. The molecule has 0 aliphatic carbocycles. The van der Waals surface area contributed by atoms with Gasteiger partial charge in [-0.3, -0.25) is 23.7 Å². The highest BCUT2D eigenvalue weighted by atomic mass is 31.2. The van der Waals surface area contributed by atoms with Gasteiger partial charge in [0.05, 0.1) is 19.6 Å². The molecule has 12 nitrogen and oxygen atoms in total. The molecule has 1 saturated heterocycles. The lowest BCUT2D eigenvalue weighted by atomic mass is 9.98. The highest BCUT2D eigenvalue weighted by molar-refractivity contribution is 7.52. The number of carbonyl (C=O) groups is 1. The molecule has 0 amide bonds. The number of H-pyrrole nitrogens is 1. The third kappa shape index (κ3) is 8.52. The number of para-hydroxylation sites is 1. The first-order chi connectivity index (χ1) is 21.8. The van der Waals surface area contributed by atoms with Gasteiger partial charge in [-0.15, -0.1) is 0 Å². The van der Waals surface area contributed by atoms with E-state index in [9.17, 15) is 18.9 Å². The summed E-state index contributed by atoms with van der Waals surface area (Å²) in [7, 11) is -7.68. The van der Waals surface area contributed by atoms with Crippen molar-refractivity contribution in [3.05, 3.63) is 63.3 Å². The topological polar surface area (TPSA) is 147 Å². The summed E-state index contributed by atoms with van der Waals surface area (Å²) in [5, 5.41) is 1.95. The second-order valence-corrected chi connectivity index (χ2v) is 18.6. The molecular formula is C28H43FN3O9PSi. The number of nitrogens with one attached hydrogen (secondary N) is 2. The van der Waals surface area contributed by atoms with Crippen molar-refractivity contribution >= 4 is 22.0 Å². The Bertz CT molecular complexity index is 1670. The zero-order chi connectivity index (χ0) is 36.7. The average molecular weight is 649 g/mol. The molecule has 0 bridgehead atoms. The second kappa shape index (κ2) is 13.2. The summed E-state index contributed by atoms with van der Waals surface area (Å²) < 4.78 is 101. The molecular weight excluding hydrogens is 600 g/mol. The van der Waals surface area contributed by atoms with Gasteiger partial charge in [0.2, 0.25) is 0 Å². The molecule has 3 rings (SSSR count). The number of rotatable bonds is 12. The van der Waals surface area contributed by atoms with Crippen LogP contribution in [0.2, 0.25) is 18.1 Å². The molecule has 0 spiro atoms. The van der Waals surface area contributed by atoms with Crippen LogP contribution in [0.4, 0.5) is 4.39 Å². The Hall–Kier alpha value is -2.61. The van der Waals surface area contributed by atoms with Crippen molar-refractivity contribution in [3.63, 3.8) is 0 Å². The number of halogens is 1. The fraction of sp³-hybridized carbons (Fsp3) is 0.607. The minimum atomic E-state index is -4.90. The molecule has 2 N–H and O–H groups in total. The van der Waals surface area contributed by atoms with Gasteiger partial charge in [-0.25, -0.2) is 13.8 Å². The van der Waals surface area contributed by atoms with E-state index in [4.69, 9.17) is 29.8 Å². The Labute approximate surface area is 259 Å². The zero-order valence-corrected chi connectivity index (χ0v) is 27.6. The first-order valence-electron chi connectivity index (χ1n) is 16.2. The molecule has 2 heterocycles. The van der Waals surface area contributed by atoms with Crippen LogP contribution in [0.3, 0.4) is 0 Å². The maximum absolute atomic E-state index is 16.9. The molecule has 1 fully saturated rings. The van der Waals surface area contributed by atoms with E-state index < -0.39 is 117 Å². The Balaban J connectivity index is 2.09. The monoisotopic (exact) mass is 648 g/mol. The van der Waals surface area contributed by atoms with E-state index in [2.05, 4.69) is 10.1 Å². The van der Waals surface area contributed by atoms with Gasteiger partial charge in [-0.1, -0.05) is 38.9 Å².